The lowest BCUT2D eigenvalue weighted by Gasteiger charge is -1.96. The van der Waals surface area contributed by atoms with Crippen LogP contribution in [0, 0.1) is 0 Å². The van der Waals surface area contributed by atoms with E-state index in [4.69, 9.17) is 17.3 Å². The Morgan fingerprint density at radius 3 is 2.59 bits per heavy atom. The lowest BCUT2D eigenvalue weighted by atomic mass is 10.2. The Kier molecular flexibility index (Phi) is 2.19. The molecule has 0 bridgehead atoms. The fourth-order valence-electron chi connectivity index (χ4n) is 1.60. The number of halogens is 1. The number of nitrogens with zero attached hydrogens (tertiary/aromatic N) is 4. The molecule has 84 valence electrons. The highest BCUT2D eigenvalue weighted by molar-refractivity contribution is 6.30. The van der Waals surface area contributed by atoms with E-state index in [0.717, 1.165) is 11.3 Å². The molecule has 2 heterocycles. The van der Waals surface area contributed by atoms with Crippen LogP contribution in [0.5, 0.6) is 0 Å². The van der Waals surface area contributed by atoms with Crippen LogP contribution in [0.2, 0.25) is 5.02 Å². The first kappa shape index (κ1) is 10.0. The second-order valence-corrected chi connectivity index (χ2v) is 3.97. The number of benzene rings is 1. The molecule has 1 aromatic carbocycles. The Labute approximate surface area is 102 Å². The summed E-state index contributed by atoms with van der Waals surface area (Å²) in [6, 6.07) is 9.27. The minimum Gasteiger partial charge on any atom is -0.368 e. The van der Waals surface area contributed by atoms with Gasteiger partial charge >= 0.3 is 0 Å². The lowest BCUT2D eigenvalue weighted by Crippen LogP contribution is -2.02. The van der Waals surface area contributed by atoms with Crippen LogP contribution < -0.4 is 5.73 Å². The topological polar surface area (TPSA) is 69.1 Å². The summed E-state index contributed by atoms with van der Waals surface area (Å²) in [5.41, 5.74) is 8.11. The summed E-state index contributed by atoms with van der Waals surface area (Å²) in [6.45, 7) is 0. The molecule has 0 saturated heterocycles. The molecule has 3 rings (SSSR count). The molecule has 0 saturated carbocycles. The zero-order valence-electron chi connectivity index (χ0n) is 8.71. The summed E-state index contributed by atoms with van der Waals surface area (Å²) in [4.78, 5) is 7.96. The van der Waals surface area contributed by atoms with E-state index in [1.54, 1.807) is 0 Å². The third-order valence-corrected chi connectivity index (χ3v) is 2.68. The van der Waals surface area contributed by atoms with Gasteiger partial charge in [0.1, 0.15) is 6.33 Å². The summed E-state index contributed by atoms with van der Waals surface area (Å²) in [6.07, 6.45) is 1.41. The SMILES string of the molecule is Nc1ncnc2cc(-c3ccc(Cl)cc3)nn12. The van der Waals surface area contributed by atoms with E-state index >= 15 is 0 Å². The van der Waals surface area contributed by atoms with Gasteiger partial charge in [0.15, 0.2) is 5.65 Å². The van der Waals surface area contributed by atoms with E-state index in [9.17, 15) is 0 Å². The first-order chi connectivity index (χ1) is 8.24. The first-order valence-electron chi connectivity index (χ1n) is 4.96. The number of nitrogen functional groups attached to an aromatic ring is 1. The predicted octanol–water partition coefficient (Wildman–Crippen LogP) is 2.03. The van der Waals surface area contributed by atoms with Crippen molar-refractivity contribution in [2.45, 2.75) is 0 Å². The van der Waals surface area contributed by atoms with Gasteiger partial charge in [0.2, 0.25) is 5.95 Å². The Hall–Kier alpha value is -2.14. The Morgan fingerprint density at radius 2 is 1.88 bits per heavy atom. The van der Waals surface area contributed by atoms with Crippen molar-refractivity contribution < 1.29 is 0 Å². The number of aromatic nitrogens is 4. The number of hydrogen-bond donors (Lipinski definition) is 1. The van der Waals surface area contributed by atoms with Crippen LogP contribution in [0.25, 0.3) is 16.9 Å². The van der Waals surface area contributed by atoms with Crippen molar-refractivity contribution >= 4 is 23.2 Å². The molecule has 0 aliphatic carbocycles. The summed E-state index contributed by atoms with van der Waals surface area (Å²) < 4.78 is 1.50. The van der Waals surface area contributed by atoms with Crippen LogP contribution in [0.15, 0.2) is 36.7 Å². The van der Waals surface area contributed by atoms with E-state index in [1.165, 1.54) is 10.8 Å². The number of rotatable bonds is 1. The molecule has 6 heteroatoms. The normalized spacial score (nSPS) is 10.9. The first-order valence-corrected chi connectivity index (χ1v) is 5.34. The van der Waals surface area contributed by atoms with Crippen LogP contribution in [0.4, 0.5) is 5.95 Å². The Bertz CT molecular complexity index is 674. The maximum absolute atomic E-state index is 5.84. The number of nitrogens with two attached hydrogens (primary N) is 1. The van der Waals surface area contributed by atoms with Crippen LogP contribution in [-0.4, -0.2) is 19.6 Å². The van der Waals surface area contributed by atoms with Crippen molar-refractivity contribution in [3.05, 3.63) is 41.7 Å². The molecular formula is C11H8ClN5. The van der Waals surface area contributed by atoms with Crippen molar-refractivity contribution in [2.24, 2.45) is 0 Å². The number of fused-ring (bicyclic) bond motifs is 1. The van der Waals surface area contributed by atoms with Crippen molar-refractivity contribution in [1.82, 2.24) is 19.6 Å². The molecule has 2 aromatic heterocycles. The van der Waals surface area contributed by atoms with Gasteiger partial charge in [-0.3, -0.25) is 0 Å². The Balaban J connectivity index is 2.18. The number of hydrogen-bond acceptors (Lipinski definition) is 4. The molecule has 0 aliphatic heterocycles. The van der Waals surface area contributed by atoms with E-state index in [-0.39, 0.29) is 0 Å². The molecule has 3 aromatic rings. The average molecular weight is 246 g/mol. The maximum atomic E-state index is 5.84. The van der Waals surface area contributed by atoms with Gasteiger partial charge in [-0.15, -0.1) is 0 Å². The van der Waals surface area contributed by atoms with Gasteiger partial charge in [-0.1, -0.05) is 23.7 Å². The van der Waals surface area contributed by atoms with E-state index < -0.39 is 0 Å². The lowest BCUT2D eigenvalue weighted by molar-refractivity contribution is 0.912. The van der Waals surface area contributed by atoms with Crippen molar-refractivity contribution in [3.8, 4) is 11.3 Å². The molecule has 2 N–H and O–H groups in total. The highest BCUT2D eigenvalue weighted by atomic mass is 35.5. The van der Waals surface area contributed by atoms with Gasteiger partial charge < -0.3 is 5.73 Å². The summed E-state index contributed by atoms with van der Waals surface area (Å²) in [7, 11) is 0. The van der Waals surface area contributed by atoms with E-state index in [1.807, 2.05) is 30.3 Å². The standard InChI is InChI=1S/C11H8ClN5/c12-8-3-1-7(2-4-8)9-5-10-14-6-15-11(13)17(10)16-9/h1-6H,(H2,13,14,15). The van der Waals surface area contributed by atoms with Gasteiger partial charge in [-0.2, -0.15) is 9.61 Å². The molecule has 0 unspecified atom stereocenters. The second kappa shape index (κ2) is 3.71. The van der Waals surface area contributed by atoms with Gasteiger partial charge in [0, 0.05) is 16.7 Å². The van der Waals surface area contributed by atoms with Gasteiger partial charge in [-0.25, -0.2) is 9.97 Å². The minimum atomic E-state index is 0.315. The van der Waals surface area contributed by atoms with Gasteiger partial charge in [-0.05, 0) is 12.1 Å². The molecular weight excluding hydrogens is 238 g/mol. The predicted molar refractivity (Wildman–Crippen MR) is 65.6 cm³/mol. The molecule has 0 atom stereocenters. The highest BCUT2D eigenvalue weighted by Crippen LogP contribution is 2.21. The fraction of sp³-hybridized carbons (Fsp3) is 0. The molecule has 5 nitrogen and oxygen atoms in total. The van der Waals surface area contributed by atoms with Crippen molar-refractivity contribution in [2.75, 3.05) is 5.73 Å². The van der Waals surface area contributed by atoms with Crippen LogP contribution >= 0.6 is 11.6 Å². The van der Waals surface area contributed by atoms with Crippen LogP contribution in [0.3, 0.4) is 0 Å². The molecule has 0 fully saturated rings. The average Bonchev–Trinajstić information content (AvgIpc) is 2.75. The Morgan fingerprint density at radius 1 is 1.12 bits per heavy atom. The zero-order chi connectivity index (χ0) is 11.8. The molecule has 0 aliphatic rings. The fourth-order valence-corrected chi connectivity index (χ4v) is 1.72. The summed E-state index contributed by atoms with van der Waals surface area (Å²) in [5.74, 6) is 0.315. The maximum Gasteiger partial charge on any atom is 0.224 e. The summed E-state index contributed by atoms with van der Waals surface area (Å²) >= 11 is 5.84. The van der Waals surface area contributed by atoms with E-state index in [0.29, 0.717) is 16.6 Å². The molecule has 0 amide bonds. The van der Waals surface area contributed by atoms with Gasteiger partial charge in [0.25, 0.3) is 0 Å². The zero-order valence-corrected chi connectivity index (χ0v) is 9.46. The third-order valence-electron chi connectivity index (χ3n) is 2.43. The van der Waals surface area contributed by atoms with Crippen molar-refractivity contribution in [3.63, 3.8) is 0 Å². The monoisotopic (exact) mass is 245 g/mol. The van der Waals surface area contributed by atoms with Crippen molar-refractivity contribution in [1.29, 1.82) is 0 Å². The molecule has 0 spiro atoms. The summed E-state index contributed by atoms with van der Waals surface area (Å²) in [5, 5.41) is 5.03. The number of anilines is 1. The van der Waals surface area contributed by atoms with Crippen LogP contribution in [-0.2, 0) is 0 Å². The van der Waals surface area contributed by atoms with Gasteiger partial charge in [0.05, 0.1) is 5.69 Å². The second-order valence-electron chi connectivity index (χ2n) is 3.54. The molecule has 17 heavy (non-hydrogen) atoms. The third kappa shape index (κ3) is 1.70. The molecule has 0 radical (unpaired) electrons. The van der Waals surface area contributed by atoms with E-state index in [2.05, 4.69) is 15.1 Å². The quantitative estimate of drug-likeness (QED) is 0.712. The van der Waals surface area contributed by atoms with Crippen LogP contribution in [0.1, 0.15) is 0 Å². The minimum absolute atomic E-state index is 0.315. The smallest absolute Gasteiger partial charge is 0.224 e. The largest absolute Gasteiger partial charge is 0.368 e. The highest BCUT2D eigenvalue weighted by Gasteiger charge is 2.07.